The van der Waals surface area contributed by atoms with Crippen LogP contribution < -0.4 is 10.6 Å². The monoisotopic (exact) mass is 389 g/mol. The summed E-state index contributed by atoms with van der Waals surface area (Å²) in [6.45, 7) is 3.36. The first-order chi connectivity index (χ1) is 12.7. The first-order valence-corrected chi connectivity index (χ1v) is 11.2. The molecule has 140 valence electrons. The largest absolute Gasteiger partial charge is 0.354 e. The molecule has 1 aromatic heterocycles. The van der Waals surface area contributed by atoms with Crippen molar-refractivity contribution in [1.29, 1.82) is 0 Å². The molecule has 2 heterocycles. The lowest BCUT2D eigenvalue weighted by Crippen LogP contribution is -2.40. The Morgan fingerprint density at radius 1 is 1.31 bits per heavy atom. The fraction of sp³-hybridized carbons (Fsp3) is 0.450. The summed E-state index contributed by atoms with van der Waals surface area (Å²) >= 11 is 3.62. The van der Waals surface area contributed by atoms with Crippen LogP contribution in [0.5, 0.6) is 0 Å². The van der Waals surface area contributed by atoms with Gasteiger partial charge in [-0.1, -0.05) is 12.1 Å². The van der Waals surface area contributed by atoms with Gasteiger partial charge in [0.1, 0.15) is 0 Å². The highest BCUT2D eigenvalue weighted by molar-refractivity contribution is 7.98. The zero-order chi connectivity index (χ0) is 18.4. The third-order valence-electron chi connectivity index (χ3n) is 4.87. The Kier molecular flexibility index (Phi) is 7.14. The molecule has 6 heteroatoms. The minimum Gasteiger partial charge on any atom is -0.354 e. The van der Waals surface area contributed by atoms with Crippen molar-refractivity contribution in [3.8, 4) is 0 Å². The van der Waals surface area contributed by atoms with Crippen molar-refractivity contribution in [3.05, 3.63) is 51.7 Å². The lowest BCUT2D eigenvalue weighted by atomic mass is 10.0. The number of fused-ring (bicyclic) bond motifs is 1. The van der Waals surface area contributed by atoms with Gasteiger partial charge < -0.3 is 10.6 Å². The smallest absolute Gasteiger partial charge is 0.221 e. The summed E-state index contributed by atoms with van der Waals surface area (Å²) < 4.78 is 0. The number of carbonyl (C=O) groups excluding carboxylic acids is 1. The average Bonchev–Trinajstić information content (AvgIpc) is 3.15. The van der Waals surface area contributed by atoms with Gasteiger partial charge in [0, 0.05) is 42.4 Å². The Balaban J connectivity index is 1.73. The molecule has 1 unspecified atom stereocenters. The van der Waals surface area contributed by atoms with Gasteiger partial charge in [0.05, 0.1) is 6.04 Å². The van der Waals surface area contributed by atoms with Gasteiger partial charge >= 0.3 is 0 Å². The Morgan fingerprint density at radius 3 is 2.85 bits per heavy atom. The summed E-state index contributed by atoms with van der Waals surface area (Å²) in [6, 6.07) is 11.2. The number of nitrogens with one attached hydrogen (secondary N) is 2. The lowest BCUT2D eigenvalue weighted by molar-refractivity contribution is -0.121. The number of nitrogens with zero attached hydrogens (tertiary/aromatic N) is 1. The van der Waals surface area contributed by atoms with E-state index in [1.807, 2.05) is 18.4 Å². The molecule has 3 rings (SSSR count). The maximum Gasteiger partial charge on any atom is 0.221 e. The third kappa shape index (κ3) is 4.88. The van der Waals surface area contributed by atoms with E-state index < -0.39 is 0 Å². The number of carbonyl (C=O) groups is 1. The molecule has 0 saturated heterocycles. The molecule has 1 aromatic carbocycles. The zero-order valence-electron chi connectivity index (χ0n) is 15.5. The molecule has 1 aliphatic heterocycles. The van der Waals surface area contributed by atoms with Crippen molar-refractivity contribution in [2.24, 2.45) is 0 Å². The SMILES string of the molecule is CNCCC(=O)NCC(c1ccc(SC)cc1)N1CCc2sccc2C1. The number of hydrogen-bond acceptors (Lipinski definition) is 5. The summed E-state index contributed by atoms with van der Waals surface area (Å²) in [5.74, 6) is 0.110. The molecule has 0 saturated carbocycles. The molecule has 0 bridgehead atoms. The van der Waals surface area contributed by atoms with Gasteiger partial charge in [0.15, 0.2) is 0 Å². The molecule has 26 heavy (non-hydrogen) atoms. The first kappa shape index (κ1) is 19.4. The van der Waals surface area contributed by atoms with E-state index in [9.17, 15) is 4.79 Å². The van der Waals surface area contributed by atoms with Crippen molar-refractivity contribution >= 4 is 29.0 Å². The second-order valence-electron chi connectivity index (χ2n) is 6.54. The summed E-state index contributed by atoms with van der Waals surface area (Å²) in [7, 11) is 1.87. The highest BCUT2D eigenvalue weighted by Crippen LogP contribution is 2.31. The van der Waals surface area contributed by atoms with Crippen LogP contribution in [0.4, 0.5) is 0 Å². The second-order valence-corrected chi connectivity index (χ2v) is 8.42. The standard InChI is InChI=1S/C20H27N3OS2/c1-21-10-7-20(24)22-13-18(15-3-5-17(25-2)6-4-15)23-11-8-19-16(14-23)9-12-26-19/h3-6,9,12,18,21H,7-8,10-11,13-14H2,1-2H3,(H,22,24). The topological polar surface area (TPSA) is 44.4 Å². The summed E-state index contributed by atoms with van der Waals surface area (Å²) in [5.41, 5.74) is 2.71. The predicted octanol–water partition coefficient (Wildman–Crippen LogP) is 3.30. The molecule has 1 atom stereocenters. The molecule has 0 fully saturated rings. The van der Waals surface area contributed by atoms with Crippen LogP contribution in [0.3, 0.4) is 0 Å². The van der Waals surface area contributed by atoms with E-state index in [0.29, 0.717) is 19.5 Å². The van der Waals surface area contributed by atoms with E-state index in [0.717, 1.165) is 19.5 Å². The fourth-order valence-corrected chi connectivity index (χ4v) is 4.66. The van der Waals surface area contributed by atoms with Gasteiger partial charge in [-0.3, -0.25) is 9.69 Å². The van der Waals surface area contributed by atoms with Crippen LogP contribution in [0.1, 0.15) is 28.5 Å². The van der Waals surface area contributed by atoms with Gasteiger partial charge in [0.2, 0.25) is 5.91 Å². The number of hydrogen-bond donors (Lipinski definition) is 2. The molecular weight excluding hydrogens is 362 g/mol. The number of benzene rings is 1. The minimum absolute atomic E-state index is 0.110. The van der Waals surface area contributed by atoms with E-state index in [1.165, 1.54) is 20.9 Å². The molecule has 2 N–H and O–H groups in total. The fourth-order valence-electron chi connectivity index (χ4n) is 3.36. The highest BCUT2D eigenvalue weighted by Gasteiger charge is 2.25. The number of rotatable bonds is 8. The summed E-state index contributed by atoms with van der Waals surface area (Å²) in [4.78, 5) is 17.4. The quantitative estimate of drug-likeness (QED) is 0.680. The van der Waals surface area contributed by atoms with Gasteiger partial charge in [-0.2, -0.15) is 0 Å². The molecule has 0 spiro atoms. The Morgan fingerprint density at radius 2 is 2.12 bits per heavy atom. The van der Waals surface area contributed by atoms with Crippen LogP contribution in [0.25, 0.3) is 0 Å². The molecular formula is C20H27N3OS2. The van der Waals surface area contributed by atoms with Gasteiger partial charge in [-0.25, -0.2) is 0 Å². The normalized spacial score (nSPS) is 15.5. The van der Waals surface area contributed by atoms with E-state index in [-0.39, 0.29) is 11.9 Å². The van der Waals surface area contributed by atoms with Crippen LogP contribution in [-0.4, -0.2) is 43.7 Å². The number of amides is 1. The molecule has 1 aliphatic rings. The maximum absolute atomic E-state index is 12.1. The number of thiophene rings is 1. The first-order valence-electron chi connectivity index (χ1n) is 9.06. The zero-order valence-corrected chi connectivity index (χ0v) is 17.1. The Bertz CT molecular complexity index is 714. The van der Waals surface area contributed by atoms with E-state index in [2.05, 4.69) is 57.5 Å². The molecule has 1 amide bonds. The van der Waals surface area contributed by atoms with Crippen molar-refractivity contribution in [3.63, 3.8) is 0 Å². The predicted molar refractivity (Wildman–Crippen MR) is 111 cm³/mol. The maximum atomic E-state index is 12.1. The van der Waals surface area contributed by atoms with Crippen LogP contribution in [0.15, 0.2) is 40.6 Å². The van der Waals surface area contributed by atoms with Crippen LogP contribution in [-0.2, 0) is 17.8 Å². The van der Waals surface area contributed by atoms with Crippen LogP contribution in [0, 0.1) is 0 Å². The number of thioether (sulfide) groups is 1. The van der Waals surface area contributed by atoms with Crippen molar-refractivity contribution in [2.45, 2.75) is 30.3 Å². The van der Waals surface area contributed by atoms with Crippen molar-refractivity contribution < 1.29 is 4.79 Å². The third-order valence-corrected chi connectivity index (χ3v) is 6.64. The Hall–Kier alpha value is -1.34. The van der Waals surface area contributed by atoms with Crippen LogP contribution >= 0.6 is 23.1 Å². The second kappa shape index (κ2) is 9.55. The lowest BCUT2D eigenvalue weighted by Gasteiger charge is -2.35. The summed E-state index contributed by atoms with van der Waals surface area (Å²) in [6.07, 6.45) is 3.71. The minimum atomic E-state index is 0.110. The summed E-state index contributed by atoms with van der Waals surface area (Å²) in [5, 5.41) is 8.36. The molecule has 2 aromatic rings. The van der Waals surface area contributed by atoms with E-state index in [4.69, 9.17) is 0 Å². The van der Waals surface area contributed by atoms with Gasteiger partial charge in [-0.15, -0.1) is 23.1 Å². The van der Waals surface area contributed by atoms with Gasteiger partial charge in [-0.05, 0) is 54.4 Å². The van der Waals surface area contributed by atoms with Crippen LogP contribution in [0.2, 0.25) is 0 Å². The van der Waals surface area contributed by atoms with E-state index >= 15 is 0 Å². The van der Waals surface area contributed by atoms with Crippen molar-refractivity contribution in [2.75, 3.05) is 32.9 Å². The molecule has 4 nitrogen and oxygen atoms in total. The van der Waals surface area contributed by atoms with E-state index in [1.54, 1.807) is 11.8 Å². The Labute approximate surface area is 164 Å². The van der Waals surface area contributed by atoms with Crippen molar-refractivity contribution in [1.82, 2.24) is 15.5 Å². The average molecular weight is 390 g/mol. The molecule has 0 aliphatic carbocycles. The van der Waals surface area contributed by atoms with Gasteiger partial charge in [0.25, 0.3) is 0 Å². The molecule has 0 radical (unpaired) electrons. The highest BCUT2D eigenvalue weighted by atomic mass is 32.2.